The van der Waals surface area contributed by atoms with Gasteiger partial charge in [-0.25, -0.2) is 0 Å². The number of hydrogen-bond acceptors (Lipinski definition) is 3. The van der Waals surface area contributed by atoms with Crippen molar-refractivity contribution in [1.82, 2.24) is 9.80 Å². The third kappa shape index (κ3) is 3.69. The van der Waals surface area contributed by atoms with Crippen molar-refractivity contribution in [1.29, 1.82) is 0 Å². The Kier molecular flexibility index (Phi) is 5.22. The summed E-state index contributed by atoms with van der Waals surface area (Å²) in [5.74, 6) is 1.04. The van der Waals surface area contributed by atoms with Crippen LogP contribution in [0, 0.1) is 11.8 Å². The van der Waals surface area contributed by atoms with Gasteiger partial charge >= 0.3 is 0 Å². The standard InChI is InChI=1S/C15H28N2O2/c1-16-9-7-13(8-10-16)15(19)17(2)14-5-3-12(11-18)4-6-14/h12-14,18H,3-11H2,1-2H3. The van der Waals surface area contributed by atoms with Crippen LogP contribution in [0.2, 0.25) is 0 Å². The fourth-order valence-electron chi connectivity index (χ4n) is 3.44. The maximum absolute atomic E-state index is 12.5. The number of carbonyl (C=O) groups is 1. The zero-order valence-electron chi connectivity index (χ0n) is 12.3. The van der Waals surface area contributed by atoms with Crippen molar-refractivity contribution >= 4 is 5.91 Å². The Balaban J connectivity index is 1.82. The first kappa shape index (κ1) is 14.8. The van der Waals surface area contributed by atoms with Gasteiger partial charge in [-0.3, -0.25) is 4.79 Å². The molecule has 0 aromatic rings. The predicted molar refractivity (Wildman–Crippen MR) is 75.8 cm³/mol. The third-order valence-corrected chi connectivity index (χ3v) is 5.04. The summed E-state index contributed by atoms with van der Waals surface area (Å²) in [6, 6.07) is 0.398. The van der Waals surface area contributed by atoms with Gasteiger partial charge in [0, 0.05) is 25.6 Å². The average molecular weight is 268 g/mol. The van der Waals surface area contributed by atoms with E-state index in [0.717, 1.165) is 51.6 Å². The molecule has 0 bridgehead atoms. The molecule has 2 fully saturated rings. The van der Waals surface area contributed by atoms with E-state index in [1.165, 1.54) is 0 Å². The second-order valence-electron chi connectivity index (χ2n) is 6.38. The van der Waals surface area contributed by atoms with Crippen molar-refractivity contribution in [3.8, 4) is 0 Å². The number of rotatable bonds is 3. The van der Waals surface area contributed by atoms with Crippen LogP contribution in [-0.2, 0) is 4.79 Å². The lowest BCUT2D eigenvalue weighted by molar-refractivity contribution is -0.138. The maximum atomic E-state index is 12.5. The highest BCUT2D eigenvalue weighted by Crippen LogP contribution is 2.28. The maximum Gasteiger partial charge on any atom is 0.225 e. The third-order valence-electron chi connectivity index (χ3n) is 5.04. The highest BCUT2D eigenvalue weighted by atomic mass is 16.3. The molecule has 0 unspecified atom stereocenters. The molecule has 0 spiro atoms. The summed E-state index contributed by atoms with van der Waals surface area (Å²) in [7, 11) is 4.10. The van der Waals surface area contributed by atoms with Crippen LogP contribution in [0.5, 0.6) is 0 Å². The topological polar surface area (TPSA) is 43.8 Å². The summed E-state index contributed by atoms with van der Waals surface area (Å²) in [5, 5.41) is 9.17. The minimum atomic E-state index is 0.233. The Morgan fingerprint density at radius 3 is 2.26 bits per heavy atom. The molecule has 1 aliphatic carbocycles. The van der Waals surface area contributed by atoms with Gasteiger partial charge in [0.2, 0.25) is 5.91 Å². The molecule has 1 heterocycles. The highest BCUT2D eigenvalue weighted by molar-refractivity contribution is 5.79. The van der Waals surface area contributed by atoms with Crippen molar-refractivity contribution in [2.75, 3.05) is 33.8 Å². The van der Waals surface area contributed by atoms with E-state index in [9.17, 15) is 4.79 Å². The molecule has 1 saturated heterocycles. The fourth-order valence-corrected chi connectivity index (χ4v) is 3.44. The fraction of sp³-hybridized carbons (Fsp3) is 0.933. The molecule has 1 N–H and O–H groups in total. The molecule has 0 aromatic carbocycles. The lowest BCUT2D eigenvalue weighted by Crippen LogP contribution is -2.45. The van der Waals surface area contributed by atoms with E-state index < -0.39 is 0 Å². The summed E-state index contributed by atoms with van der Waals surface area (Å²) >= 11 is 0. The molecule has 110 valence electrons. The van der Waals surface area contributed by atoms with Gasteiger partial charge in [0.25, 0.3) is 0 Å². The van der Waals surface area contributed by atoms with Crippen LogP contribution in [0.25, 0.3) is 0 Å². The zero-order chi connectivity index (χ0) is 13.8. The number of piperidine rings is 1. The van der Waals surface area contributed by atoms with Gasteiger partial charge in [-0.1, -0.05) is 0 Å². The normalized spacial score (nSPS) is 30.3. The molecule has 19 heavy (non-hydrogen) atoms. The Morgan fingerprint density at radius 1 is 1.16 bits per heavy atom. The van der Waals surface area contributed by atoms with Crippen LogP contribution in [0.1, 0.15) is 38.5 Å². The minimum absolute atomic E-state index is 0.233. The largest absolute Gasteiger partial charge is 0.396 e. The lowest BCUT2D eigenvalue weighted by Gasteiger charge is -2.37. The first-order valence-corrected chi connectivity index (χ1v) is 7.68. The van der Waals surface area contributed by atoms with E-state index in [2.05, 4.69) is 11.9 Å². The van der Waals surface area contributed by atoms with E-state index in [1.54, 1.807) is 0 Å². The summed E-state index contributed by atoms with van der Waals surface area (Å²) in [6.45, 7) is 2.39. The van der Waals surface area contributed by atoms with Gasteiger partial charge in [-0.05, 0) is 64.6 Å². The van der Waals surface area contributed by atoms with Crippen molar-refractivity contribution in [3.05, 3.63) is 0 Å². The van der Waals surface area contributed by atoms with Crippen molar-refractivity contribution in [3.63, 3.8) is 0 Å². The average Bonchev–Trinajstić information content (AvgIpc) is 2.46. The molecule has 0 radical (unpaired) electrons. The van der Waals surface area contributed by atoms with E-state index in [0.29, 0.717) is 24.5 Å². The molecule has 1 aliphatic heterocycles. The van der Waals surface area contributed by atoms with Crippen molar-refractivity contribution < 1.29 is 9.90 Å². The van der Waals surface area contributed by atoms with Gasteiger partial charge in [0.15, 0.2) is 0 Å². The monoisotopic (exact) mass is 268 g/mol. The molecule has 4 nitrogen and oxygen atoms in total. The Labute approximate surface area is 116 Å². The number of aliphatic hydroxyl groups excluding tert-OH is 1. The van der Waals surface area contributed by atoms with Gasteiger partial charge in [0.05, 0.1) is 0 Å². The SMILES string of the molecule is CN1CCC(C(=O)N(C)C2CCC(CO)CC2)CC1. The van der Waals surface area contributed by atoms with E-state index in [1.807, 2.05) is 11.9 Å². The van der Waals surface area contributed by atoms with Crippen molar-refractivity contribution in [2.24, 2.45) is 11.8 Å². The molecule has 1 amide bonds. The van der Waals surface area contributed by atoms with E-state index in [4.69, 9.17) is 5.11 Å². The molecular formula is C15H28N2O2. The number of hydrogen-bond donors (Lipinski definition) is 1. The van der Waals surface area contributed by atoms with Crippen LogP contribution in [0.4, 0.5) is 0 Å². The number of carbonyl (C=O) groups excluding carboxylic acids is 1. The van der Waals surface area contributed by atoms with E-state index >= 15 is 0 Å². The molecule has 2 rings (SSSR count). The first-order valence-electron chi connectivity index (χ1n) is 7.68. The van der Waals surface area contributed by atoms with Gasteiger partial charge in [-0.2, -0.15) is 0 Å². The second kappa shape index (κ2) is 6.71. The molecule has 0 aromatic heterocycles. The summed E-state index contributed by atoms with van der Waals surface area (Å²) in [6.07, 6.45) is 6.25. The molecule has 0 atom stereocenters. The zero-order valence-corrected chi connectivity index (χ0v) is 12.3. The molecular weight excluding hydrogens is 240 g/mol. The van der Waals surface area contributed by atoms with Crippen LogP contribution < -0.4 is 0 Å². The first-order chi connectivity index (χ1) is 9.11. The number of likely N-dealkylation sites (tertiary alicyclic amines) is 1. The summed E-state index contributed by atoms with van der Waals surface area (Å²) in [5.41, 5.74) is 0. The van der Waals surface area contributed by atoms with Crippen LogP contribution in [0.3, 0.4) is 0 Å². The minimum Gasteiger partial charge on any atom is -0.396 e. The molecule has 2 aliphatic rings. The van der Waals surface area contributed by atoms with Crippen LogP contribution in [0.15, 0.2) is 0 Å². The Bertz CT molecular complexity index is 293. The molecule has 4 heteroatoms. The van der Waals surface area contributed by atoms with Gasteiger partial charge in [0.1, 0.15) is 0 Å². The van der Waals surface area contributed by atoms with Crippen LogP contribution >= 0.6 is 0 Å². The van der Waals surface area contributed by atoms with Gasteiger partial charge in [-0.15, -0.1) is 0 Å². The predicted octanol–water partition coefficient (Wildman–Crippen LogP) is 1.34. The highest BCUT2D eigenvalue weighted by Gasteiger charge is 2.31. The summed E-state index contributed by atoms with van der Waals surface area (Å²) < 4.78 is 0. The summed E-state index contributed by atoms with van der Waals surface area (Å²) in [4.78, 5) is 16.8. The number of aliphatic hydroxyl groups is 1. The van der Waals surface area contributed by atoms with Crippen molar-refractivity contribution in [2.45, 2.75) is 44.6 Å². The quantitative estimate of drug-likeness (QED) is 0.840. The van der Waals surface area contributed by atoms with Crippen LogP contribution in [-0.4, -0.2) is 60.6 Å². The number of nitrogens with zero attached hydrogens (tertiary/aromatic N) is 2. The Morgan fingerprint density at radius 2 is 1.74 bits per heavy atom. The lowest BCUT2D eigenvalue weighted by atomic mass is 9.85. The van der Waals surface area contributed by atoms with Gasteiger partial charge < -0.3 is 14.9 Å². The second-order valence-corrected chi connectivity index (χ2v) is 6.38. The smallest absolute Gasteiger partial charge is 0.225 e. The Hall–Kier alpha value is -0.610. The molecule has 1 saturated carbocycles. The van der Waals surface area contributed by atoms with E-state index in [-0.39, 0.29) is 5.92 Å². The number of amides is 1.